The number of fused-ring (bicyclic) bond motifs is 2. The van der Waals surface area contributed by atoms with Crippen LogP contribution < -0.4 is 11.1 Å². The number of hydrogen-bond acceptors (Lipinski definition) is 4. The van der Waals surface area contributed by atoms with Gasteiger partial charge in [-0.1, -0.05) is 23.2 Å². The molecule has 2 fully saturated rings. The standard InChI is InChI=1S/C14H17Cl2N3O3S/c15-8-4-9(16)6-10(5-8)23(21,22)19-12-2-1-3-13(19)14(20)18-7-11(12)17/h4-6,11-13H,1-3,7,17H2,(H,18,20)/t11-,12-,13+/m1/s1. The second-order valence-corrected chi connectivity index (χ2v) is 8.58. The Hall–Kier alpha value is -0.860. The van der Waals surface area contributed by atoms with Crippen LogP contribution in [0.1, 0.15) is 19.3 Å². The van der Waals surface area contributed by atoms with E-state index < -0.39 is 28.1 Å². The lowest BCUT2D eigenvalue weighted by molar-refractivity contribution is -0.125. The molecule has 0 aromatic heterocycles. The van der Waals surface area contributed by atoms with E-state index in [4.69, 9.17) is 28.9 Å². The van der Waals surface area contributed by atoms with Gasteiger partial charge in [-0.2, -0.15) is 4.31 Å². The second kappa shape index (κ2) is 6.22. The average Bonchev–Trinajstić information content (AvgIpc) is 2.56. The van der Waals surface area contributed by atoms with Crippen LogP contribution in [-0.2, 0) is 14.8 Å². The molecule has 2 bridgehead atoms. The van der Waals surface area contributed by atoms with Crippen molar-refractivity contribution in [3.8, 4) is 0 Å². The number of carbonyl (C=O) groups excluding carboxylic acids is 1. The van der Waals surface area contributed by atoms with Gasteiger partial charge in [0.1, 0.15) is 6.04 Å². The maximum atomic E-state index is 13.1. The van der Waals surface area contributed by atoms with Crippen molar-refractivity contribution in [3.05, 3.63) is 28.2 Å². The predicted octanol–water partition coefficient (Wildman–Crippen LogP) is 1.36. The molecule has 0 spiro atoms. The van der Waals surface area contributed by atoms with E-state index >= 15 is 0 Å². The van der Waals surface area contributed by atoms with Crippen LogP contribution in [0, 0.1) is 0 Å². The fraction of sp³-hybridized carbons (Fsp3) is 0.500. The van der Waals surface area contributed by atoms with Crippen LogP contribution >= 0.6 is 23.2 Å². The molecule has 3 rings (SSSR count). The number of hydrogen-bond donors (Lipinski definition) is 2. The molecule has 3 N–H and O–H groups in total. The van der Waals surface area contributed by atoms with Crippen LogP contribution in [0.3, 0.4) is 0 Å². The maximum absolute atomic E-state index is 13.1. The van der Waals surface area contributed by atoms with Gasteiger partial charge in [0.15, 0.2) is 0 Å². The van der Waals surface area contributed by atoms with Crippen molar-refractivity contribution in [2.75, 3.05) is 6.54 Å². The Labute approximate surface area is 145 Å². The third-order valence-corrected chi connectivity index (χ3v) is 6.68. The Morgan fingerprint density at radius 2 is 1.83 bits per heavy atom. The molecule has 0 radical (unpaired) electrons. The lowest BCUT2D eigenvalue weighted by atomic mass is 9.95. The number of nitrogens with two attached hydrogens (primary N) is 1. The molecule has 1 aromatic carbocycles. The van der Waals surface area contributed by atoms with Gasteiger partial charge < -0.3 is 11.1 Å². The third kappa shape index (κ3) is 3.08. The summed E-state index contributed by atoms with van der Waals surface area (Å²) in [4.78, 5) is 12.2. The molecule has 2 aliphatic heterocycles. The fourth-order valence-corrected chi connectivity index (χ4v) is 5.88. The van der Waals surface area contributed by atoms with Crippen LogP contribution in [0.5, 0.6) is 0 Å². The van der Waals surface area contributed by atoms with Crippen molar-refractivity contribution < 1.29 is 13.2 Å². The molecule has 23 heavy (non-hydrogen) atoms. The quantitative estimate of drug-likeness (QED) is 0.813. The van der Waals surface area contributed by atoms with Gasteiger partial charge in [0, 0.05) is 28.7 Å². The Balaban J connectivity index is 2.11. The van der Waals surface area contributed by atoms with Crippen molar-refractivity contribution in [2.45, 2.75) is 42.3 Å². The second-order valence-electron chi connectivity index (χ2n) is 5.86. The normalized spacial score (nSPS) is 29.0. The number of halogens is 2. The fourth-order valence-electron chi connectivity index (χ4n) is 3.27. The van der Waals surface area contributed by atoms with Gasteiger partial charge in [0.05, 0.1) is 4.90 Å². The van der Waals surface area contributed by atoms with E-state index in [0.717, 1.165) is 6.42 Å². The van der Waals surface area contributed by atoms with Crippen molar-refractivity contribution >= 4 is 39.1 Å². The summed E-state index contributed by atoms with van der Waals surface area (Å²) in [6.07, 6.45) is 1.86. The molecule has 1 amide bonds. The molecule has 0 aliphatic carbocycles. The monoisotopic (exact) mass is 377 g/mol. The summed E-state index contributed by atoms with van der Waals surface area (Å²) < 4.78 is 27.5. The van der Waals surface area contributed by atoms with E-state index in [0.29, 0.717) is 12.8 Å². The van der Waals surface area contributed by atoms with Gasteiger partial charge in [-0.3, -0.25) is 4.79 Å². The first-order valence-corrected chi connectivity index (χ1v) is 9.53. The van der Waals surface area contributed by atoms with Crippen molar-refractivity contribution in [3.63, 3.8) is 0 Å². The highest BCUT2D eigenvalue weighted by atomic mass is 35.5. The molecule has 3 atom stereocenters. The first kappa shape index (κ1) is 17.0. The SMILES string of the molecule is N[C@@H]1CNC(=O)[C@@H]2CCC[C@H]1N2S(=O)(=O)c1cc(Cl)cc(Cl)c1. The largest absolute Gasteiger partial charge is 0.353 e. The highest BCUT2D eigenvalue weighted by Gasteiger charge is 2.47. The van der Waals surface area contributed by atoms with E-state index in [1.54, 1.807) is 0 Å². The van der Waals surface area contributed by atoms with Crippen LogP contribution in [0.2, 0.25) is 10.0 Å². The topological polar surface area (TPSA) is 92.5 Å². The molecule has 2 saturated heterocycles. The van der Waals surface area contributed by atoms with E-state index in [1.807, 2.05) is 0 Å². The summed E-state index contributed by atoms with van der Waals surface area (Å²) in [5.74, 6) is -0.306. The number of nitrogens with one attached hydrogen (secondary N) is 1. The Bertz CT molecular complexity index is 721. The van der Waals surface area contributed by atoms with E-state index in [9.17, 15) is 13.2 Å². The van der Waals surface area contributed by atoms with E-state index in [-0.39, 0.29) is 27.4 Å². The minimum absolute atomic E-state index is 0.0196. The Morgan fingerprint density at radius 3 is 2.48 bits per heavy atom. The van der Waals surface area contributed by atoms with Gasteiger partial charge in [-0.25, -0.2) is 8.42 Å². The summed E-state index contributed by atoms with van der Waals surface area (Å²) in [6.45, 7) is 0.266. The number of benzene rings is 1. The zero-order valence-corrected chi connectivity index (χ0v) is 14.5. The highest BCUT2D eigenvalue weighted by Crippen LogP contribution is 2.34. The lowest BCUT2D eigenvalue weighted by Gasteiger charge is -2.39. The van der Waals surface area contributed by atoms with E-state index in [1.165, 1.54) is 22.5 Å². The summed E-state index contributed by atoms with van der Waals surface area (Å²) in [5, 5.41) is 3.17. The molecule has 9 heteroatoms. The maximum Gasteiger partial charge on any atom is 0.244 e. The van der Waals surface area contributed by atoms with Gasteiger partial charge in [-0.05, 0) is 37.5 Å². The summed E-state index contributed by atoms with van der Waals surface area (Å²) in [7, 11) is -3.93. The van der Waals surface area contributed by atoms with Gasteiger partial charge in [-0.15, -0.1) is 0 Å². The first-order valence-electron chi connectivity index (χ1n) is 7.33. The molecule has 0 unspecified atom stereocenters. The van der Waals surface area contributed by atoms with E-state index in [2.05, 4.69) is 5.32 Å². The number of nitrogens with zero attached hydrogens (tertiary/aromatic N) is 1. The average molecular weight is 378 g/mol. The summed E-state index contributed by atoms with van der Waals surface area (Å²) >= 11 is 11.9. The molecule has 6 nitrogen and oxygen atoms in total. The summed E-state index contributed by atoms with van der Waals surface area (Å²) in [5.41, 5.74) is 6.10. The molecule has 2 heterocycles. The molecule has 1 aromatic rings. The lowest BCUT2D eigenvalue weighted by Crippen LogP contribution is -2.57. The minimum atomic E-state index is -3.93. The van der Waals surface area contributed by atoms with Crippen LogP contribution in [0.4, 0.5) is 0 Å². The van der Waals surface area contributed by atoms with Gasteiger partial charge in [0.25, 0.3) is 0 Å². The van der Waals surface area contributed by atoms with Crippen LogP contribution in [0.25, 0.3) is 0 Å². The van der Waals surface area contributed by atoms with Crippen LogP contribution in [0.15, 0.2) is 23.1 Å². The molecule has 0 saturated carbocycles. The molecule has 126 valence electrons. The van der Waals surface area contributed by atoms with Crippen molar-refractivity contribution in [1.29, 1.82) is 0 Å². The van der Waals surface area contributed by atoms with Crippen molar-refractivity contribution in [2.24, 2.45) is 5.73 Å². The smallest absolute Gasteiger partial charge is 0.244 e. The summed E-state index contributed by atoms with van der Waals surface area (Å²) in [6, 6.07) is 2.53. The number of carbonyl (C=O) groups is 1. The molecular formula is C14H17Cl2N3O3S. The number of amides is 1. The third-order valence-electron chi connectivity index (χ3n) is 4.33. The Morgan fingerprint density at radius 1 is 1.17 bits per heavy atom. The van der Waals surface area contributed by atoms with Crippen molar-refractivity contribution in [1.82, 2.24) is 9.62 Å². The number of piperidine rings is 1. The van der Waals surface area contributed by atoms with Gasteiger partial charge in [0.2, 0.25) is 15.9 Å². The molecular weight excluding hydrogens is 361 g/mol. The molecule has 2 aliphatic rings. The zero-order chi connectivity index (χ0) is 16.8. The first-order chi connectivity index (χ1) is 10.8. The highest BCUT2D eigenvalue weighted by molar-refractivity contribution is 7.89. The zero-order valence-electron chi connectivity index (χ0n) is 12.2. The van der Waals surface area contributed by atoms with Gasteiger partial charge >= 0.3 is 0 Å². The number of sulfonamides is 1. The Kier molecular flexibility index (Phi) is 4.59. The van der Waals surface area contributed by atoms with Crippen LogP contribution in [-0.4, -0.2) is 43.3 Å². The number of rotatable bonds is 2. The predicted molar refractivity (Wildman–Crippen MR) is 87.9 cm³/mol. The minimum Gasteiger partial charge on any atom is -0.353 e.